The van der Waals surface area contributed by atoms with E-state index in [9.17, 15) is 4.79 Å². The van der Waals surface area contributed by atoms with Crippen LogP contribution in [0, 0.1) is 0 Å². The Kier molecular flexibility index (Phi) is 3.03. The maximum absolute atomic E-state index is 12.1. The van der Waals surface area contributed by atoms with Crippen molar-refractivity contribution in [3.05, 3.63) is 33.3 Å². The van der Waals surface area contributed by atoms with E-state index >= 15 is 0 Å². The van der Waals surface area contributed by atoms with Gasteiger partial charge in [-0.25, -0.2) is 0 Å². The molecule has 80 valence electrons. The lowest BCUT2D eigenvalue weighted by Crippen LogP contribution is -2.29. The fraction of sp³-hybridized carbons (Fsp3) is 0.364. The Morgan fingerprint density at radius 1 is 1.53 bits per heavy atom. The van der Waals surface area contributed by atoms with Crippen molar-refractivity contribution in [1.29, 1.82) is 0 Å². The van der Waals surface area contributed by atoms with Gasteiger partial charge in [0.25, 0.3) is 5.91 Å². The number of hydrogen-bond acceptors (Lipinski definition) is 1. The van der Waals surface area contributed by atoms with Crippen LogP contribution in [0.2, 0.25) is 5.02 Å². The van der Waals surface area contributed by atoms with Crippen LogP contribution in [-0.2, 0) is 0 Å². The van der Waals surface area contributed by atoms with E-state index in [0.29, 0.717) is 16.6 Å². The lowest BCUT2D eigenvalue weighted by Gasteiger charge is -2.17. The molecule has 0 heterocycles. The minimum absolute atomic E-state index is 0.00465. The standard InChI is InChI=1S/C11H11BrClNO/c1-14(7-5-6-7)11(15)10-8(12)3-2-4-9(10)13/h2-4,7H,5-6H2,1H3. The number of nitrogens with zero attached hydrogens (tertiary/aromatic N) is 1. The minimum Gasteiger partial charge on any atom is -0.339 e. The van der Waals surface area contributed by atoms with Gasteiger partial charge in [0.1, 0.15) is 0 Å². The Hall–Kier alpha value is -0.540. The van der Waals surface area contributed by atoms with E-state index in [0.717, 1.165) is 17.3 Å². The SMILES string of the molecule is CN(C(=O)c1c(Cl)cccc1Br)C1CC1. The topological polar surface area (TPSA) is 20.3 Å². The van der Waals surface area contributed by atoms with E-state index in [1.165, 1.54) is 0 Å². The van der Waals surface area contributed by atoms with Gasteiger partial charge in [-0.3, -0.25) is 4.79 Å². The molecular formula is C11H11BrClNO. The zero-order chi connectivity index (χ0) is 11.0. The Labute approximate surface area is 102 Å². The smallest absolute Gasteiger partial charge is 0.256 e. The highest BCUT2D eigenvalue weighted by molar-refractivity contribution is 9.10. The molecule has 15 heavy (non-hydrogen) atoms. The second-order valence-corrected chi connectivity index (χ2v) is 5.01. The zero-order valence-corrected chi connectivity index (χ0v) is 10.7. The van der Waals surface area contributed by atoms with E-state index in [1.807, 2.05) is 19.2 Å². The van der Waals surface area contributed by atoms with Gasteiger partial charge in [-0.05, 0) is 40.9 Å². The van der Waals surface area contributed by atoms with Crippen molar-refractivity contribution >= 4 is 33.4 Å². The molecule has 0 radical (unpaired) electrons. The Morgan fingerprint density at radius 2 is 2.20 bits per heavy atom. The maximum Gasteiger partial charge on any atom is 0.256 e. The second kappa shape index (κ2) is 4.14. The molecule has 2 rings (SSSR count). The van der Waals surface area contributed by atoms with Crippen LogP contribution in [0.4, 0.5) is 0 Å². The van der Waals surface area contributed by atoms with Gasteiger partial charge in [-0.1, -0.05) is 17.7 Å². The van der Waals surface area contributed by atoms with Crippen LogP contribution in [0.5, 0.6) is 0 Å². The van der Waals surface area contributed by atoms with E-state index in [4.69, 9.17) is 11.6 Å². The molecule has 0 aliphatic heterocycles. The highest BCUT2D eigenvalue weighted by atomic mass is 79.9. The summed E-state index contributed by atoms with van der Waals surface area (Å²) in [5.74, 6) is -0.00465. The van der Waals surface area contributed by atoms with Gasteiger partial charge in [0, 0.05) is 17.6 Å². The summed E-state index contributed by atoms with van der Waals surface area (Å²) < 4.78 is 0.757. The maximum atomic E-state index is 12.1. The average Bonchev–Trinajstić information content (AvgIpc) is 2.99. The van der Waals surface area contributed by atoms with Gasteiger partial charge >= 0.3 is 0 Å². The molecule has 1 saturated carbocycles. The summed E-state index contributed by atoms with van der Waals surface area (Å²) in [6.45, 7) is 0. The largest absolute Gasteiger partial charge is 0.339 e. The summed E-state index contributed by atoms with van der Waals surface area (Å²) in [7, 11) is 1.83. The van der Waals surface area contributed by atoms with Crippen molar-refractivity contribution in [2.24, 2.45) is 0 Å². The normalized spacial score (nSPS) is 15.1. The van der Waals surface area contributed by atoms with Crippen LogP contribution < -0.4 is 0 Å². The molecule has 0 bridgehead atoms. The summed E-state index contributed by atoms with van der Waals surface area (Å²) in [4.78, 5) is 13.8. The van der Waals surface area contributed by atoms with Crippen molar-refractivity contribution in [2.45, 2.75) is 18.9 Å². The lowest BCUT2D eigenvalue weighted by molar-refractivity contribution is 0.0784. The van der Waals surface area contributed by atoms with Gasteiger partial charge < -0.3 is 4.90 Å². The average molecular weight is 289 g/mol. The van der Waals surface area contributed by atoms with Crippen LogP contribution in [0.3, 0.4) is 0 Å². The first kappa shape index (κ1) is 11.0. The predicted octanol–water partition coefficient (Wildman–Crippen LogP) is 3.34. The van der Waals surface area contributed by atoms with Crippen molar-refractivity contribution in [1.82, 2.24) is 4.90 Å². The molecule has 2 nitrogen and oxygen atoms in total. The van der Waals surface area contributed by atoms with E-state index in [2.05, 4.69) is 15.9 Å². The molecule has 1 aliphatic carbocycles. The molecule has 1 aliphatic rings. The van der Waals surface area contributed by atoms with Crippen LogP contribution in [0.25, 0.3) is 0 Å². The van der Waals surface area contributed by atoms with Crippen molar-refractivity contribution < 1.29 is 4.79 Å². The number of halogens is 2. The molecule has 1 fully saturated rings. The predicted molar refractivity (Wildman–Crippen MR) is 64.3 cm³/mol. The quantitative estimate of drug-likeness (QED) is 0.817. The highest BCUT2D eigenvalue weighted by Gasteiger charge is 2.31. The Bertz CT molecular complexity index is 383. The summed E-state index contributed by atoms with van der Waals surface area (Å²) in [6, 6.07) is 5.79. The van der Waals surface area contributed by atoms with Gasteiger partial charge in [0.05, 0.1) is 10.6 Å². The van der Waals surface area contributed by atoms with Crippen molar-refractivity contribution in [2.75, 3.05) is 7.05 Å². The molecule has 0 aromatic heterocycles. The highest BCUT2D eigenvalue weighted by Crippen LogP contribution is 2.31. The van der Waals surface area contributed by atoms with Crippen LogP contribution in [0.15, 0.2) is 22.7 Å². The van der Waals surface area contributed by atoms with Crippen LogP contribution >= 0.6 is 27.5 Å². The second-order valence-electron chi connectivity index (χ2n) is 3.74. The fourth-order valence-corrected chi connectivity index (χ4v) is 2.41. The molecule has 1 amide bonds. The number of amides is 1. The van der Waals surface area contributed by atoms with Crippen LogP contribution in [-0.4, -0.2) is 23.9 Å². The van der Waals surface area contributed by atoms with E-state index < -0.39 is 0 Å². The number of carbonyl (C=O) groups is 1. The molecule has 4 heteroatoms. The molecule has 0 N–H and O–H groups in total. The first-order chi connectivity index (χ1) is 7.11. The summed E-state index contributed by atoms with van der Waals surface area (Å²) in [5.41, 5.74) is 0.563. The third-order valence-corrected chi connectivity index (χ3v) is 3.57. The minimum atomic E-state index is -0.00465. The third-order valence-electron chi connectivity index (χ3n) is 2.59. The van der Waals surface area contributed by atoms with Gasteiger partial charge in [-0.15, -0.1) is 0 Å². The number of benzene rings is 1. The van der Waals surface area contributed by atoms with Gasteiger partial charge in [0.2, 0.25) is 0 Å². The zero-order valence-electron chi connectivity index (χ0n) is 8.34. The first-order valence-corrected chi connectivity index (χ1v) is 5.99. The monoisotopic (exact) mass is 287 g/mol. The number of rotatable bonds is 2. The number of carbonyl (C=O) groups excluding carboxylic acids is 1. The molecule has 0 spiro atoms. The molecule has 1 aromatic carbocycles. The van der Waals surface area contributed by atoms with Gasteiger partial charge in [0.15, 0.2) is 0 Å². The number of hydrogen-bond donors (Lipinski definition) is 0. The van der Waals surface area contributed by atoms with E-state index in [-0.39, 0.29) is 5.91 Å². The van der Waals surface area contributed by atoms with Crippen molar-refractivity contribution in [3.63, 3.8) is 0 Å². The Morgan fingerprint density at radius 3 is 2.73 bits per heavy atom. The molecule has 0 unspecified atom stereocenters. The first-order valence-electron chi connectivity index (χ1n) is 4.82. The summed E-state index contributed by atoms with van der Waals surface area (Å²) in [5, 5.41) is 0.502. The fourth-order valence-electron chi connectivity index (χ4n) is 1.51. The molecule has 0 atom stereocenters. The summed E-state index contributed by atoms with van der Waals surface area (Å²) in [6.07, 6.45) is 2.20. The Balaban J connectivity index is 2.31. The van der Waals surface area contributed by atoms with E-state index in [1.54, 1.807) is 11.0 Å². The third kappa shape index (κ3) is 2.18. The lowest BCUT2D eigenvalue weighted by atomic mass is 10.2. The van der Waals surface area contributed by atoms with Crippen molar-refractivity contribution in [3.8, 4) is 0 Å². The molecule has 1 aromatic rings. The van der Waals surface area contributed by atoms with Gasteiger partial charge in [-0.2, -0.15) is 0 Å². The molecular weight excluding hydrogens is 277 g/mol. The summed E-state index contributed by atoms with van der Waals surface area (Å²) >= 11 is 9.37. The van der Waals surface area contributed by atoms with Crippen LogP contribution in [0.1, 0.15) is 23.2 Å². The molecule has 0 saturated heterocycles.